The van der Waals surface area contributed by atoms with Gasteiger partial charge in [0.25, 0.3) is 0 Å². The van der Waals surface area contributed by atoms with Crippen LogP contribution in [0.4, 0.5) is 5.82 Å². The monoisotopic (exact) mass is 603 g/mol. The van der Waals surface area contributed by atoms with Gasteiger partial charge in [0.2, 0.25) is 11.8 Å². The largest absolute Gasteiger partial charge is 0.486 e. The first-order valence-corrected chi connectivity index (χ1v) is 14.2. The highest BCUT2D eigenvalue weighted by atomic mass is 79.9. The van der Waals surface area contributed by atoms with Crippen molar-refractivity contribution in [3.63, 3.8) is 0 Å². The van der Waals surface area contributed by atoms with E-state index >= 15 is 0 Å². The van der Waals surface area contributed by atoms with Gasteiger partial charge in [-0.25, -0.2) is 15.0 Å². The number of piperidine rings is 1. The van der Waals surface area contributed by atoms with E-state index in [0.717, 1.165) is 33.8 Å². The molecule has 3 aromatic rings. The zero-order valence-electron chi connectivity index (χ0n) is 21.3. The van der Waals surface area contributed by atoms with Crippen LogP contribution < -0.4 is 20.5 Å². The molecule has 5 rings (SSSR count). The van der Waals surface area contributed by atoms with Gasteiger partial charge in [0.15, 0.2) is 33.6 Å². The third kappa shape index (κ3) is 5.68. The number of anilines is 1. The number of likely N-dealkylation sites (tertiary alicyclic amines) is 1. The Bertz CT molecular complexity index is 1360. The predicted octanol–water partition coefficient (Wildman–Crippen LogP) is 3.25. The number of nitrogens with zero attached hydrogens (tertiary/aromatic N) is 5. The summed E-state index contributed by atoms with van der Waals surface area (Å²) in [5, 5.41) is 3.45. The fraction of sp³-hybridized carbons (Fsp3) is 0.480. The first-order chi connectivity index (χ1) is 18.3. The molecular weight excluding hydrogens is 574 g/mol. The van der Waals surface area contributed by atoms with Crippen molar-refractivity contribution in [1.82, 2.24) is 29.7 Å². The maximum atomic E-state index is 12.6. The molecule has 0 radical (unpaired) electrons. The fourth-order valence-corrected chi connectivity index (χ4v) is 6.34. The fourth-order valence-electron chi connectivity index (χ4n) is 4.83. The average molecular weight is 605 g/mol. The van der Waals surface area contributed by atoms with Crippen molar-refractivity contribution in [3.8, 4) is 11.5 Å². The first-order valence-electron chi connectivity index (χ1n) is 12.6. The summed E-state index contributed by atoms with van der Waals surface area (Å²) < 4.78 is 14.4. The number of imidazole rings is 1. The number of ether oxygens (including phenoxy) is 2. The van der Waals surface area contributed by atoms with Crippen molar-refractivity contribution >= 4 is 56.5 Å². The second-order valence-electron chi connectivity index (χ2n) is 9.49. The maximum absolute atomic E-state index is 12.6. The standard InChI is InChI=1S/C25H30BrN7O4S/c1-14(30-15(2)34)24(35)32-6-3-16(4-7-32)5-8-33-23-21(22(27)28-13-29-23)31-25(33)38-20-12-19-18(11-17(20)26)36-9-10-37-19/h11-14,16H,3-10H2,1-2H3,(H,30,34)(H2,27,28,29)/t14-/m1/s1. The summed E-state index contributed by atoms with van der Waals surface area (Å²) in [6, 6.07) is 3.36. The molecule has 1 saturated heterocycles. The number of hydrogen-bond donors (Lipinski definition) is 2. The van der Waals surface area contributed by atoms with E-state index in [2.05, 4.69) is 35.8 Å². The van der Waals surface area contributed by atoms with Gasteiger partial charge in [-0.2, -0.15) is 0 Å². The summed E-state index contributed by atoms with van der Waals surface area (Å²) >= 11 is 5.16. The number of hydrogen-bond acceptors (Lipinski definition) is 9. The SMILES string of the molecule is CC(=O)N[C@H](C)C(=O)N1CCC(CCn2c(Sc3cc4c(cc3Br)OCCO4)nc3c(N)ncnc32)CC1. The molecule has 0 spiro atoms. The topological polar surface area (TPSA) is 137 Å². The first kappa shape index (κ1) is 26.5. The van der Waals surface area contributed by atoms with Gasteiger partial charge in [0, 0.05) is 35.9 Å². The number of halogens is 1. The van der Waals surface area contributed by atoms with Crippen molar-refractivity contribution < 1.29 is 19.1 Å². The molecule has 2 aliphatic rings. The lowest BCUT2D eigenvalue weighted by Gasteiger charge is -2.33. The summed E-state index contributed by atoms with van der Waals surface area (Å²) in [5.74, 6) is 1.98. The van der Waals surface area contributed by atoms with Crippen LogP contribution in [0.5, 0.6) is 11.5 Å². The minimum absolute atomic E-state index is 0.0323. The molecule has 0 unspecified atom stereocenters. The van der Waals surface area contributed by atoms with Gasteiger partial charge in [0.05, 0.1) is 0 Å². The number of rotatable bonds is 7. The number of nitrogen functional groups attached to an aromatic ring is 1. The van der Waals surface area contributed by atoms with E-state index in [1.54, 1.807) is 6.92 Å². The van der Waals surface area contributed by atoms with Crippen LogP contribution in [0, 0.1) is 5.92 Å². The Morgan fingerprint density at radius 2 is 1.92 bits per heavy atom. The molecule has 0 aliphatic carbocycles. The van der Waals surface area contributed by atoms with Crippen molar-refractivity contribution in [1.29, 1.82) is 0 Å². The number of nitrogens with two attached hydrogens (primary N) is 1. The summed E-state index contributed by atoms with van der Waals surface area (Å²) in [6.45, 7) is 6.26. The van der Waals surface area contributed by atoms with E-state index in [0.29, 0.717) is 67.2 Å². The Labute approximate surface area is 233 Å². The van der Waals surface area contributed by atoms with Gasteiger partial charge in [-0.1, -0.05) is 11.8 Å². The Morgan fingerprint density at radius 3 is 2.63 bits per heavy atom. The summed E-state index contributed by atoms with van der Waals surface area (Å²) in [7, 11) is 0. The quantitative estimate of drug-likeness (QED) is 0.416. The molecule has 13 heteroatoms. The number of aryl methyl sites for hydroxylation is 1. The van der Waals surface area contributed by atoms with Crippen LogP contribution in [-0.2, 0) is 16.1 Å². The number of aromatic nitrogens is 4. The maximum Gasteiger partial charge on any atom is 0.244 e. The Kier molecular flexibility index (Phi) is 7.93. The number of nitrogens with one attached hydrogen (secondary N) is 1. The highest BCUT2D eigenvalue weighted by Gasteiger charge is 2.27. The Balaban J connectivity index is 1.30. The molecule has 4 heterocycles. The lowest BCUT2D eigenvalue weighted by Crippen LogP contribution is -2.49. The van der Waals surface area contributed by atoms with Crippen molar-refractivity contribution in [2.24, 2.45) is 5.92 Å². The molecule has 2 aliphatic heterocycles. The molecule has 202 valence electrons. The van der Waals surface area contributed by atoms with Gasteiger partial charge in [-0.05, 0) is 60.2 Å². The van der Waals surface area contributed by atoms with E-state index in [4.69, 9.17) is 20.2 Å². The molecule has 38 heavy (non-hydrogen) atoms. The number of amides is 2. The molecule has 0 bridgehead atoms. The van der Waals surface area contributed by atoms with Crippen molar-refractivity contribution in [3.05, 3.63) is 22.9 Å². The molecular formula is C25H30BrN7O4S. The van der Waals surface area contributed by atoms with Crippen LogP contribution in [-0.4, -0.2) is 68.6 Å². The molecule has 2 amide bonds. The van der Waals surface area contributed by atoms with Crippen molar-refractivity contribution in [2.45, 2.75) is 55.7 Å². The van der Waals surface area contributed by atoms with Gasteiger partial charge in [0.1, 0.15) is 25.6 Å². The van der Waals surface area contributed by atoms with Crippen molar-refractivity contribution in [2.75, 3.05) is 32.0 Å². The molecule has 1 atom stereocenters. The molecule has 3 N–H and O–H groups in total. The Hall–Kier alpha value is -3.06. The van der Waals surface area contributed by atoms with E-state index in [1.807, 2.05) is 17.0 Å². The molecule has 11 nitrogen and oxygen atoms in total. The van der Waals surface area contributed by atoms with Gasteiger partial charge >= 0.3 is 0 Å². The summed E-state index contributed by atoms with van der Waals surface area (Å²) in [6.07, 6.45) is 4.18. The summed E-state index contributed by atoms with van der Waals surface area (Å²) in [4.78, 5) is 40.2. The molecule has 0 saturated carbocycles. The van der Waals surface area contributed by atoms with Crippen LogP contribution >= 0.6 is 27.7 Å². The number of benzene rings is 1. The summed E-state index contributed by atoms with van der Waals surface area (Å²) in [5.41, 5.74) is 7.42. The van der Waals surface area contributed by atoms with Crippen LogP contribution in [0.2, 0.25) is 0 Å². The number of carbonyl (C=O) groups excluding carboxylic acids is 2. The smallest absolute Gasteiger partial charge is 0.244 e. The minimum Gasteiger partial charge on any atom is -0.486 e. The number of carbonyl (C=O) groups is 2. The highest BCUT2D eigenvalue weighted by Crippen LogP contribution is 2.42. The van der Waals surface area contributed by atoms with E-state index in [-0.39, 0.29) is 11.8 Å². The molecule has 1 aromatic carbocycles. The lowest BCUT2D eigenvalue weighted by molar-refractivity contribution is -0.136. The second-order valence-corrected chi connectivity index (χ2v) is 11.3. The zero-order chi connectivity index (χ0) is 26.8. The highest BCUT2D eigenvalue weighted by molar-refractivity contribution is 9.10. The third-order valence-electron chi connectivity index (χ3n) is 6.80. The van der Waals surface area contributed by atoms with E-state index in [9.17, 15) is 9.59 Å². The zero-order valence-corrected chi connectivity index (χ0v) is 23.7. The minimum atomic E-state index is -0.508. The Morgan fingerprint density at radius 1 is 1.21 bits per heavy atom. The van der Waals surface area contributed by atoms with Crippen LogP contribution in [0.3, 0.4) is 0 Å². The van der Waals surface area contributed by atoms with Gasteiger partial charge in [-0.3, -0.25) is 9.59 Å². The van der Waals surface area contributed by atoms with Crippen LogP contribution in [0.1, 0.15) is 33.1 Å². The third-order valence-corrected chi connectivity index (χ3v) is 8.77. The predicted molar refractivity (Wildman–Crippen MR) is 146 cm³/mol. The second kappa shape index (κ2) is 11.4. The number of fused-ring (bicyclic) bond motifs is 2. The van der Waals surface area contributed by atoms with Gasteiger partial charge < -0.3 is 30.0 Å². The van der Waals surface area contributed by atoms with Crippen LogP contribution in [0.15, 0.2) is 33.0 Å². The molecule has 1 fully saturated rings. The van der Waals surface area contributed by atoms with Gasteiger partial charge in [-0.15, -0.1) is 0 Å². The molecule has 2 aromatic heterocycles. The van der Waals surface area contributed by atoms with E-state index < -0.39 is 6.04 Å². The van der Waals surface area contributed by atoms with E-state index in [1.165, 1.54) is 25.0 Å². The average Bonchev–Trinajstić information content (AvgIpc) is 3.25. The normalized spacial score (nSPS) is 16.4. The lowest BCUT2D eigenvalue weighted by atomic mass is 9.93. The van der Waals surface area contributed by atoms with Crippen LogP contribution in [0.25, 0.3) is 11.2 Å².